The van der Waals surface area contributed by atoms with Gasteiger partial charge in [-0.1, -0.05) is 24.3 Å². The summed E-state index contributed by atoms with van der Waals surface area (Å²) in [5.41, 5.74) is 2.32. The lowest BCUT2D eigenvalue weighted by molar-refractivity contribution is -0.141. The van der Waals surface area contributed by atoms with Crippen LogP contribution in [0.25, 0.3) is 22.3 Å². The Hall–Kier alpha value is -4.16. The van der Waals surface area contributed by atoms with Gasteiger partial charge in [0.05, 0.1) is 17.3 Å². The molecule has 3 heterocycles. The average molecular weight is 493 g/mol. The molecule has 0 radical (unpaired) electrons. The van der Waals surface area contributed by atoms with Crippen LogP contribution in [-0.4, -0.2) is 74.5 Å². The van der Waals surface area contributed by atoms with Gasteiger partial charge >= 0.3 is 5.97 Å². The van der Waals surface area contributed by atoms with Crippen molar-refractivity contribution in [1.29, 1.82) is 0 Å². The third kappa shape index (κ3) is 4.36. The van der Waals surface area contributed by atoms with Crippen LogP contribution >= 0.6 is 0 Å². The van der Waals surface area contributed by atoms with Gasteiger partial charge in [0.2, 0.25) is 10.0 Å². The number of nitrogens with zero attached hydrogens (tertiary/aromatic N) is 6. The number of carboxylic acids is 1. The van der Waals surface area contributed by atoms with Gasteiger partial charge in [0.15, 0.2) is 5.65 Å². The summed E-state index contributed by atoms with van der Waals surface area (Å²) >= 11 is 0. The van der Waals surface area contributed by atoms with Crippen LogP contribution in [0.4, 0.5) is 5.82 Å². The van der Waals surface area contributed by atoms with E-state index < -0.39 is 22.0 Å². The standard InChI is InChI=1S/C23H20N6O5S/c30-17-3-1-2-16(10-17)15-4-6-18(7-5-15)35(33,34)29-9-8-28(13-20(29)23(31)32)21-12-25-19-11-24-14-26-22(19)27-21/h1-7,10-12,14,20,30H,8-9,13H2,(H,31,32)/t20-/m1/s1. The molecule has 4 aromatic rings. The Kier molecular flexibility index (Phi) is 5.75. The number of phenols is 1. The molecule has 1 saturated heterocycles. The summed E-state index contributed by atoms with van der Waals surface area (Å²) in [7, 11) is -4.08. The summed E-state index contributed by atoms with van der Waals surface area (Å²) in [5, 5.41) is 19.5. The van der Waals surface area contributed by atoms with Gasteiger partial charge in [0.25, 0.3) is 0 Å². The Labute approximate surface area is 200 Å². The molecule has 1 fully saturated rings. The van der Waals surface area contributed by atoms with Gasteiger partial charge in [-0.15, -0.1) is 0 Å². The van der Waals surface area contributed by atoms with Crippen molar-refractivity contribution in [3.8, 4) is 16.9 Å². The molecule has 12 heteroatoms. The van der Waals surface area contributed by atoms with Crippen LogP contribution in [0.3, 0.4) is 0 Å². The lowest BCUT2D eigenvalue weighted by Crippen LogP contribution is -2.58. The molecule has 11 nitrogen and oxygen atoms in total. The molecule has 2 aromatic heterocycles. The summed E-state index contributed by atoms with van der Waals surface area (Å²) in [5.74, 6) is -0.745. The molecule has 0 saturated carbocycles. The molecule has 0 aliphatic carbocycles. The zero-order chi connectivity index (χ0) is 24.6. The molecule has 0 amide bonds. The van der Waals surface area contributed by atoms with Gasteiger partial charge in [-0.05, 0) is 35.4 Å². The predicted octanol–water partition coefficient (Wildman–Crippen LogP) is 1.76. The topological polar surface area (TPSA) is 150 Å². The van der Waals surface area contributed by atoms with Crippen molar-refractivity contribution in [3.05, 3.63) is 67.3 Å². The Morgan fingerprint density at radius 3 is 2.54 bits per heavy atom. The lowest BCUT2D eigenvalue weighted by atomic mass is 10.1. The summed E-state index contributed by atoms with van der Waals surface area (Å²) in [6.07, 6.45) is 4.36. The van der Waals surface area contributed by atoms with Crippen LogP contribution in [0.15, 0.2) is 72.1 Å². The number of aromatic nitrogens is 4. The summed E-state index contributed by atoms with van der Waals surface area (Å²) in [4.78, 5) is 30.4. The number of aromatic hydroxyl groups is 1. The average Bonchev–Trinajstić information content (AvgIpc) is 2.88. The third-order valence-electron chi connectivity index (χ3n) is 5.79. The Balaban J connectivity index is 1.40. The highest BCUT2D eigenvalue weighted by Crippen LogP contribution is 2.28. The Bertz CT molecular complexity index is 1510. The van der Waals surface area contributed by atoms with Crippen LogP contribution in [0.2, 0.25) is 0 Å². The maximum Gasteiger partial charge on any atom is 0.323 e. The van der Waals surface area contributed by atoms with Crippen molar-refractivity contribution in [3.63, 3.8) is 0 Å². The van der Waals surface area contributed by atoms with E-state index >= 15 is 0 Å². The van der Waals surface area contributed by atoms with Crippen molar-refractivity contribution in [1.82, 2.24) is 24.2 Å². The number of carbonyl (C=O) groups is 1. The maximum atomic E-state index is 13.4. The lowest BCUT2D eigenvalue weighted by Gasteiger charge is -2.38. The first-order valence-electron chi connectivity index (χ1n) is 10.6. The largest absolute Gasteiger partial charge is 0.508 e. The van der Waals surface area contributed by atoms with Crippen LogP contribution in [0.5, 0.6) is 5.75 Å². The maximum absolute atomic E-state index is 13.4. The van der Waals surface area contributed by atoms with Crippen LogP contribution < -0.4 is 4.90 Å². The highest BCUT2D eigenvalue weighted by atomic mass is 32.2. The van der Waals surface area contributed by atoms with Gasteiger partial charge in [0, 0.05) is 19.6 Å². The van der Waals surface area contributed by atoms with Gasteiger partial charge in [0.1, 0.15) is 29.5 Å². The van der Waals surface area contributed by atoms with E-state index in [-0.39, 0.29) is 30.3 Å². The van der Waals surface area contributed by atoms with Gasteiger partial charge in [-0.25, -0.2) is 28.4 Å². The second-order valence-corrected chi connectivity index (χ2v) is 9.84. The number of benzene rings is 2. The van der Waals surface area contributed by atoms with E-state index in [0.717, 1.165) is 15.4 Å². The first-order valence-corrected chi connectivity index (χ1v) is 12.1. The number of aliphatic carboxylic acids is 1. The van der Waals surface area contributed by atoms with E-state index in [9.17, 15) is 23.4 Å². The zero-order valence-corrected chi connectivity index (χ0v) is 19.1. The fourth-order valence-electron chi connectivity index (χ4n) is 4.01. The van der Waals surface area contributed by atoms with Gasteiger partial charge in [-0.2, -0.15) is 4.31 Å². The number of carboxylic acid groups (broad SMARTS) is 1. The molecule has 0 unspecified atom stereocenters. The molecule has 178 valence electrons. The molecule has 1 aliphatic rings. The normalized spacial score (nSPS) is 16.9. The molecule has 2 N–H and O–H groups in total. The number of hydrogen-bond acceptors (Lipinski definition) is 9. The molecule has 0 bridgehead atoms. The minimum Gasteiger partial charge on any atom is -0.508 e. The van der Waals surface area contributed by atoms with Crippen LogP contribution in [0, 0.1) is 0 Å². The van der Waals surface area contributed by atoms with E-state index in [0.29, 0.717) is 17.0 Å². The van der Waals surface area contributed by atoms with E-state index in [4.69, 9.17) is 0 Å². The van der Waals surface area contributed by atoms with Crippen molar-refractivity contribution in [2.24, 2.45) is 0 Å². The Morgan fingerprint density at radius 1 is 1.00 bits per heavy atom. The highest BCUT2D eigenvalue weighted by molar-refractivity contribution is 7.89. The first-order chi connectivity index (χ1) is 16.8. The van der Waals surface area contributed by atoms with Crippen molar-refractivity contribution in [2.45, 2.75) is 10.9 Å². The molecule has 35 heavy (non-hydrogen) atoms. The molecular formula is C23H20N6O5S. The second kappa shape index (κ2) is 8.89. The van der Waals surface area contributed by atoms with Crippen molar-refractivity contribution in [2.75, 3.05) is 24.5 Å². The van der Waals surface area contributed by atoms with Gasteiger partial charge < -0.3 is 15.1 Å². The molecule has 0 spiro atoms. The highest BCUT2D eigenvalue weighted by Gasteiger charge is 2.40. The minimum atomic E-state index is -4.08. The van der Waals surface area contributed by atoms with Crippen molar-refractivity contribution >= 4 is 33.0 Å². The fraction of sp³-hybridized carbons (Fsp3) is 0.174. The number of hydrogen-bond donors (Lipinski definition) is 2. The SMILES string of the molecule is O=C(O)[C@H]1CN(c2cnc3cncnc3n2)CCN1S(=O)(=O)c1ccc(-c2cccc(O)c2)cc1. The molecular weight excluding hydrogens is 472 g/mol. The smallest absolute Gasteiger partial charge is 0.323 e. The fourth-order valence-corrected chi connectivity index (χ4v) is 5.58. The predicted molar refractivity (Wildman–Crippen MR) is 126 cm³/mol. The third-order valence-corrected chi connectivity index (χ3v) is 7.72. The number of rotatable bonds is 5. The van der Waals surface area contributed by atoms with E-state index in [1.807, 2.05) is 0 Å². The molecule has 5 rings (SSSR count). The van der Waals surface area contributed by atoms with Gasteiger partial charge in [-0.3, -0.25) is 4.79 Å². The number of sulfonamides is 1. The summed E-state index contributed by atoms with van der Waals surface area (Å²) in [6.45, 7) is 0.0912. The van der Waals surface area contributed by atoms with E-state index in [1.165, 1.54) is 30.9 Å². The number of phenolic OH excluding ortho intramolecular Hbond substituents is 1. The minimum absolute atomic E-state index is 0.0108. The van der Waals surface area contributed by atoms with Crippen LogP contribution in [0.1, 0.15) is 0 Å². The van der Waals surface area contributed by atoms with E-state index in [2.05, 4.69) is 19.9 Å². The molecule has 2 aromatic carbocycles. The second-order valence-electron chi connectivity index (χ2n) is 7.95. The molecule has 1 aliphatic heterocycles. The van der Waals surface area contributed by atoms with Crippen molar-refractivity contribution < 1.29 is 23.4 Å². The number of piperazine rings is 1. The van der Waals surface area contributed by atoms with E-state index in [1.54, 1.807) is 41.3 Å². The zero-order valence-electron chi connectivity index (χ0n) is 18.3. The number of fused-ring (bicyclic) bond motifs is 1. The number of anilines is 1. The van der Waals surface area contributed by atoms with Crippen LogP contribution in [-0.2, 0) is 14.8 Å². The molecule has 1 atom stereocenters. The summed E-state index contributed by atoms with van der Waals surface area (Å²) in [6, 6.07) is 11.4. The monoisotopic (exact) mass is 492 g/mol. The first kappa shape index (κ1) is 22.6. The quantitative estimate of drug-likeness (QED) is 0.422. The Morgan fingerprint density at radius 2 is 1.80 bits per heavy atom. The summed E-state index contributed by atoms with van der Waals surface area (Å²) < 4.78 is 27.8.